The van der Waals surface area contributed by atoms with E-state index in [4.69, 9.17) is 4.74 Å². The Bertz CT molecular complexity index is 647. The first kappa shape index (κ1) is 18.3. The van der Waals surface area contributed by atoms with Gasteiger partial charge in [-0.2, -0.15) is 0 Å². The van der Waals surface area contributed by atoms with Gasteiger partial charge in [0, 0.05) is 12.0 Å². The Hall–Kier alpha value is -2.02. The maximum absolute atomic E-state index is 14.1. The number of benzene rings is 1. The van der Waals surface area contributed by atoms with Crippen molar-refractivity contribution in [3.8, 4) is 0 Å². The van der Waals surface area contributed by atoms with Crippen LogP contribution in [0.1, 0.15) is 38.2 Å². The fourth-order valence-corrected chi connectivity index (χ4v) is 3.37. The Morgan fingerprint density at radius 1 is 1.46 bits per heavy atom. The number of rotatable bonds is 7. The number of aliphatic carboxylic acids is 1. The number of carbonyl (C=O) groups excluding carboxylic acids is 1. The topological polar surface area (TPSA) is 75.6 Å². The first-order valence-electron chi connectivity index (χ1n) is 7.80. The molecule has 0 bridgehead atoms. The lowest BCUT2D eigenvalue weighted by Crippen LogP contribution is -2.19. The Labute approximate surface area is 144 Å². The number of carbonyl (C=O) groups is 2. The van der Waals surface area contributed by atoms with Gasteiger partial charge in [-0.25, -0.2) is 9.18 Å². The van der Waals surface area contributed by atoms with Crippen LogP contribution >= 0.6 is 11.9 Å². The molecule has 2 rings (SSSR count). The number of nitrogens with one attached hydrogen (secondary N) is 1. The molecule has 0 heterocycles. The highest BCUT2D eigenvalue weighted by atomic mass is 32.2. The van der Waals surface area contributed by atoms with E-state index >= 15 is 0 Å². The van der Waals surface area contributed by atoms with Gasteiger partial charge in [0.2, 0.25) is 0 Å². The summed E-state index contributed by atoms with van der Waals surface area (Å²) in [5.74, 6) is -1.73. The minimum Gasteiger partial charge on any atom is -0.478 e. The minimum atomic E-state index is -0.928. The van der Waals surface area contributed by atoms with Crippen LogP contribution in [0.25, 0.3) is 0 Å². The summed E-state index contributed by atoms with van der Waals surface area (Å²) in [5.41, 5.74) is 1.21. The van der Waals surface area contributed by atoms with Crippen LogP contribution in [0.2, 0.25) is 0 Å². The predicted molar refractivity (Wildman–Crippen MR) is 91.1 cm³/mol. The van der Waals surface area contributed by atoms with Crippen molar-refractivity contribution in [1.82, 2.24) is 0 Å². The lowest BCUT2D eigenvalue weighted by atomic mass is 9.99. The van der Waals surface area contributed by atoms with Crippen molar-refractivity contribution in [2.24, 2.45) is 0 Å². The summed E-state index contributed by atoms with van der Waals surface area (Å²) >= 11 is 1.20. The van der Waals surface area contributed by atoms with Crippen molar-refractivity contribution in [2.75, 3.05) is 4.72 Å². The van der Waals surface area contributed by atoms with Gasteiger partial charge in [-0.15, -0.1) is 0 Å². The van der Waals surface area contributed by atoms with Crippen LogP contribution in [0, 0.1) is 5.82 Å². The van der Waals surface area contributed by atoms with E-state index in [1.165, 1.54) is 18.0 Å². The maximum Gasteiger partial charge on any atom is 0.332 e. The molecule has 1 aromatic rings. The zero-order valence-corrected chi connectivity index (χ0v) is 14.2. The number of anilines is 1. The number of hydrogen-bond donors (Lipinski definition) is 2. The monoisotopic (exact) mass is 353 g/mol. The van der Waals surface area contributed by atoms with Gasteiger partial charge in [0.1, 0.15) is 12.4 Å². The second kappa shape index (κ2) is 8.73. The molecule has 130 valence electrons. The lowest BCUT2D eigenvalue weighted by molar-refractivity contribution is -0.144. The van der Waals surface area contributed by atoms with Crippen molar-refractivity contribution >= 4 is 29.6 Å². The van der Waals surface area contributed by atoms with E-state index in [9.17, 15) is 19.1 Å². The SMILES string of the molecule is CCC(=O)OCc1ccc(NSC2CCCC=C2C(=O)O)c(F)c1. The van der Waals surface area contributed by atoms with Crippen molar-refractivity contribution < 1.29 is 23.8 Å². The van der Waals surface area contributed by atoms with Crippen LogP contribution in [0.3, 0.4) is 0 Å². The van der Waals surface area contributed by atoms with Gasteiger partial charge in [-0.1, -0.05) is 19.1 Å². The van der Waals surface area contributed by atoms with Gasteiger partial charge in [0.25, 0.3) is 0 Å². The number of allylic oxidation sites excluding steroid dienone is 1. The molecular formula is C17H20FNO4S. The first-order valence-corrected chi connectivity index (χ1v) is 8.68. The quantitative estimate of drug-likeness (QED) is 0.572. The van der Waals surface area contributed by atoms with E-state index in [1.807, 2.05) is 0 Å². The van der Waals surface area contributed by atoms with Gasteiger partial charge in [-0.05, 0) is 48.9 Å². The molecule has 0 aliphatic heterocycles. The van der Waals surface area contributed by atoms with Crippen LogP contribution in [0.5, 0.6) is 0 Å². The third-order valence-electron chi connectivity index (χ3n) is 3.66. The average Bonchev–Trinajstić information content (AvgIpc) is 2.59. The third-order valence-corrected chi connectivity index (χ3v) is 4.77. The Balaban J connectivity index is 1.95. The molecule has 7 heteroatoms. The highest BCUT2D eigenvalue weighted by molar-refractivity contribution is 8.01. The minimum absolute atomic E-state index is 0.0333. The van der Waals surface area contributed by atoms with Crippen LogP contribution in [-0.4, -0.2) is 22.3 Å². The molecule has 0 spiro atoms. The zero-order chi connectivity index (χ0) is 17.5. The number of esters is 1. The third kappa shape index (κ3) is 4.99. The molecule has 1 unspecified atom stereocenters. The molecule has 2 N–H and O–H groups in total. The predicted octanol–water partition coefficient (Wildman–Crippen LogP) is 3.90. The van der Waals surface area contributed by atoms with Crippen molar-refractivity contribution in [2.45, 2.75) is 44.5 Å². The summed E-state index contributed by atoms with van der Waals surface area (Å²) < 4.78 is 22.0. The van der Waals surface area contributed by atoms with Crippen LogP contribution in [0.15, 0.2) is 29.8 Å². The second-order valence-electron chi connectivity index (χ2n) is 5.43. The highest BCUT2D eigenvalue weighted by Crippen LogP contribution is 2.31. The fraction of sp³-hybridized carbons (Fsp3) is 0.412. The summed E-state index contributed by atoms with van der Waals surface area (Å²) in [7, 11) is 0. The standard InChI is InChI=1S/C17H20FNO4S/c1-2-16(20)23-10-11-7-8-14(13(18)9-11)19-24-15-6-4-3-5-12(15)17(21)22/h5,7-9,15,19H,2-4,6,10H2,1H3,(H,21,22). The summed E-state index contributed by atoms with van der Waals surface area (Å²) in [6, 6.07) is 4.54. The highest BCUT2D eigenvalue weighted by Gasteiger charge is 2.24. The average molecular weight is 353 g/mol. The molecule has 0 saturated carbocycles. The molecule has 5 nitrogen and oxygen atoms in total. The van der Waals surface area contributed by atoms with Crippen LogP contribution < -0.4 is 4.72 Å². The molecule has 1 aliphatic carbocycles. The number of halogens is 1. The number of carboxylic acid groups (broad SMARTS) is 1. The van der Waals surface area contributed by atoms with Crippen molar-refractivity contribution in [3.63, 3.8) is 0 Å². The van der Waals surface area contributed by atoms with Crippen LogP contribution in [0.4, 0.5) is 10.1 Å². The Kier molecular flexibility index (Phi) is 6.66. The fourth-order valence-electron chi connectivity index (χ4n) is 2.33. The van der Waals surface area contributed by atoms with Gasteiger partial charge < -0.3 is 14.6 Å². The van der Waals surface area contributed by atoms with E-state index < -0.39 is 11.8 Å². The molecule has 1 aromatic carbocycles. The maximum atomic E-state index is 14.1. The summed E-state index contributed by atoms with van der Waals surface area (Å²) in [5, 5.41) is 8.99. The normalized spacial score (nSPS) is 17.1. The zero-order valence-electron chi connectivity index (χ0n) is 13.4. The first-order chi connectivity index (χ1) is 11.5. The van der Waals surface area contributed by atoms with Crippen molar-refractivity contribution in [3.05, 3.63) is 41.2 Å². The van der Waals surface area contributed by atoms with Gasteiger partial charge in [0.05, 0.1) is 10.9 Å². The number of ether oxygens (including phenoxy) is 1. The van der Waals surface area contributed by atoms with E-state index in [0.29, 0.717) is 11.1 Å². The molecule has 24 heavy (non-hydrogen) atoms. The van der Waals surface area contributed by atoms with E-state index in [0.717, 1.165) is 19.3 Å². The molecule has 0 fully saturated rings. The molecular weight excluding hydrogens is 333 g/mol. The molecule has 0 amide bonds. The lowest BCUT2D eigenvalue weighted by Gasteiger charge is -2.21. The largest absolute Gasteiger partial charge is 0.478 e. The van der Waals surface area contributed by atoms with Gasteiger partial charge in [-0.3, -0.25) is 4.79 Å². The van der Waals surface area contributed by atoms with E-state index in [1.54, 1.807) is 25.1 Å². The summed E-state index contributed by atoms with van der Waals surface area (Å²) in [4.78, 5) is 22.3. The molecule has 1 aliphatic rings. The smallest absolute Gasteiger partial charge is 0.332 e. The Morgan fingerprint density at radius 3 is 2.92 bits per heavy atom. The number of hydrogen-bond acceptors (Lipinski definition) is 5. The molecule has 1 atom stereocenters. The molecule has 0 radical (unpaired) electrons. The molecule has 0 saturated heterocycles. The van der Waals surface area contributed by atoms with E-state index in [2.05, 4.69) is 4.72 Å². The van der Waals surface area contributed by atoms with E-state index in [-0.39, 0.29) is 29.9 Å². The summed E-state index contributed by atoms with van der Waals surface area (Å²) in [6.07, 6.45) is 4.42. The van der Waals surface area contributed by atoms with Crippen molar-refractivity contribution in [1.29, 1.82) is 0 Å². The van der Waals surface area contributed by atoms with Gasteiger partial charge in [0.15, 0.2) is 0 Å². The molecule has 0 aromatic heterocycles. The summed E-state index contributed by atoms with van der Waals surface area (Å²) in [6.45, 7) is 1.73. The number of carboxylic acids is 1. The second-order valence-corrected chi connectivity index (χ2v) is 6.44. The van der Waals surface area contributed by atoms with Crippen LogP contribution in [-0.2, 0) is 20.9 Å². The van der Waals surface area contributed by atoms with Gasteiger partial charge >= 0.3 is 11.9 Å². The Morgan fingerprint density at radius 2 is 2.25 bits per heavy atom.